The molecule has 0 aliphatic heterocycles. The largest absolute Gasteiger partial charge is 0.389 e. The number of nitrogens with zero attached hydrogens (tertiary/aromatic N) is 3. The van der Waals surface area contributed by atoms with Crippen LogP contribution >= 0.6 is 11.6 Å². The van der Waals surface area contributed by atoms with Crippen LogP contribution in [0.3, 0.4) is 0 Å². The van der Waals surface area contributed by atoms with Gasteiger partial charge in [0.2, 0.25) is 0 Å². The van der Waals surface area contributed by atoms with Gasteiger partial charge in [0.05, 0.1) is 17.6 Å². The number of benzene rings is 1. The molecule has 1 atom stereocenters. The van der Waals surface area contributed by atoms with Gasteiger partial charge in [0.25, 0.3) is 0 Å². The molecule has 1 heterocycles. The zero-order valence-corrected chi connectivity index (χ0v) is 11.5. The molecule has 112 valence electrons. The molecule has 7 nitrogen and oxygen atoms in total. The predicted molar refractivity (Wildman–Crippen MR) is 74.8 cm³/mol. The minimum atomic E-state index is -0.855. The summed E-state index contributed by atoms with van der Waals surface area (Å²) in [6.07, 6.45) is 1.47. The number of aromatic nitrogens is 2. The van der Waals surface area contributed by atoms with Gasteiger partial charge >= 0.3 is 5.69 Å². The standard InChI is InChI=1S/C12H12ClFN4O3/c13-8-1-9(14)3-10(2-8)15-5-12(19)7-17-6-11(4-16-17)18(20)21/h1-4,6,12,15,19H,5,7H2. The van der Waals surface area contributed by atoms with Crippen molar-refractivity contribution >= 4 is 23.0 Å². The van der Waals surface area contributed by atoms with Gasteiger partial charge in [0.1, 0.15) is 18.2 Å². The summed E-state index contributed by atoms with van der Waals surface area (Å²) in [5.74, 6) is -0.484. The number of aliphatic hydroxyl groups excluding tert-OH is 1. The fourth-order valence-corrected chi connectivity index (χ4v) is 1.94. The van der Waals surface area contributed by atoms with Crippen LogP contribution in [0, 0.1) is 15.9 Å². The van der Waals surface area contributed by atoms with Crippen molar-refractivity contribution in [2.75, 3.05) is 11.9 Å². The van der Waals surface area contributed by atoms with Crippen molar-refractivity contribution in [3.05, 3.63) is 51.5 Å². The Labute approximate surface area is 124 Å². The predicted octanol–water partition coefficient (Wildman–Crippen LogP) is 2.06. The minimum Gasteiger partial charge on any atom is -0.389 e. The van der Waals surface area contributed by atoms with Gasteiger partial charge in [-0.15, -0.1) is 0 Å². The summed E-state index contributed by atoms with van der Waals surface area (Å²) in [5.41, 5.74) is 0.289. The molecule has 9 heteroatoms. The summed E-state index contributed by atoms with van der Waals surface area (Å²) in [4.78, 5) is 9.94. The van der Waals surface area contributed by atoms with Gasteiger partial charge in [-0.1, -0.05) is 11.6 Å². The Bertz CT molecular complexity index is 629. The van der Waals surface area contributed by atoms with E-state index in [1.807, 2.05) is 0 Å². The van der Waals surface area contributed by atoms with E-state index in [0.717, 1.165) is 6.20 Å². The molecular weight excluding hydrogens is 303 g/mol. The van der Waals surface area contributed by atoms with E-state index in [4.69, 9.17) is 11.6 Å². The molecule has 0 amide bonds. The van der Waals surface area contributed by atoms with E-state index in [-0.39, 0.29) is 23.8 Å². The second kappa shape index (κ2) is 6.51. The summed E-state index contributed by atoms with van der Waals surface area (Å²) in [5, 5.41) is 27.2. The molecular formula is C12H12ClFN4O3. The molecule has 0 spiro atoms. The Kier molecular flexibility index (Phi) is 4.71. The van der Waals surface area contributed by atoms with Crippen LogP contribution in [0.4, 0.5) is 15.8 Å². The van der Waals surface area contributed by atoms with Crippen molar-refractivity contribution in [3.63, 3.8) is 0 Å². The maximum absolute atomic E-state index is 13.1. The second-order valence-corrected chi connectivity index (χ2v) is 4.81. The zero-order chi connectivity index (χ0) is 15.4. The number of hydrogen-bond donors (Lipinski definition) is 2. The maximum atomic E-state index is 13.1. The Morgan fingerprint density at radius 2 is 2.29 bits per heavy atom. The van der Waals surface area contributed by atoms with E-state index in [1.165, 1.54) is 29.1 Å². The van der Waals surface area contributed by atoms with Crippen LogP contribution in [0.5, 0.6) is 0 Å². The highest BCUT2D eigenvalue weighted by molar-refractivity contribution is 6.30. The first kappa shape index (κ1) is 15.2. The van der Waals surface area contributed by atoms with Crippen LogP contribution in [0.1, 0.15) is 0 Å². The van der Waals surface area contributed by atoms with E-state index in [9.17, 15) is 19.6 Å². The number of anilines is 1. The van der Waals surface area contributed by atoms with Crippen LogP contribution in [0.2, 0.25) is 5.02 Å². The van der Waals surface area contributed by atoms with Gasteiger partial charge in [-0.25, -0.2) is 4.39 Å². The molecule has 0 saturated heterocycles. The third kappa shape index (κ3) is 4.40. The van der Waals surface area contributed by atoms with E-state index >= 15 is 0 Å². The zero-order valence-electron chi connectivity index (χ0n) is 10.7. The number of aliphatic hydroxyl groups is 1. The smallest absolute Gasteiger partial charge is 0.306 e. The van der Waals surface area contributed by atoms with Crippen LogP contribution in [0.25, 0.3) is 0 Å². The first-order valence-corrected chi connectivity index (χ1v) is 6.36. The SMILES string of the molecule is O=[N+]([O-])c1cnn(CC(O)CNc2cc(F)cc(Cl)c2)c1. The van der Waals surface area contributed by atoms with Crippen molar-refractivity contribution < 1.29 is 14.4 Å². The Morgan fingerprint density at radius 1 is 1.52 bits per heavy atom. The number of nitrogens with one attached hydrogen (secondary N) is 1. The molecule has 0 bridgehead atoms. The highest BCUT2D eigenvalue weighted by atomic mass is 35.5. The van der Waals surface area contributed by atoms with Crippen LogP contribution in [-0.2, 0) is 6.54 Å². The van der Waals surface area contributed by atoms with Crippen LogP contribution in [0.15, 0.2) is 30.6 Å². The van der Waals surface area contributed by atoms with Crippen LogP contribution in [-0.4, -0.2) is 32.5 Å². The molecule has 0 aliphatic rings. The van der Waals surface area contributed by atoms with E-state index < -0.39 is 16.8 Å². The number of hydrogen-bond acceptors (Lipinski definition) is 5. The molecule has 2 N–H and O–H groups in total. The quantitative estimate of drug-likeness (QED) is 0.629. The summed E-state index contributed by atoms with van der Waals surface area (Å²) < 4.78 is 14.4. The van der Waals surface area contributed by atoms with Gasteiger partial charge in [-0.05, 0) is 18.2 Å². The molecule has 2 aromatic rings. The lowest BCUT2D eigenvalue weighted by Gasteiger charge is -2.13. The van der Waals surface area contributed by atoms with Crippen molar-refractivity contribution in [1.82, 2.24) is 9.78 Å². The lowest BCUT2D eigenvalue weighted by Crippen LogP contribution is -2.25. The first-order valence-electron chi connectivity index (χ1n) is 5.99. The highest BCUT2D eigenvalue weighted by Crippen LogP contribution is 2.18. The summed E-state index contributed by atoms with van der Waals surface area (Å²) in [6, 6.07) is 3.94. The third-order valence-electron chi connectivity index (χ3n) is 2.63. The highest BCUT2D eigenvalue weighted by Gasteiger charge is 2.12. The first-order chi connectivity index (χ1) is 9.94. The van der Waals surface area contributed by atoms with Gasteiger partial charge in [-0.2, -0.15) is 5.10 Å². The number of nitro groups is 1. The third-order valence-corrected chi connectivity index (χ3v) is 2.85. The van der Waals surface area contributed by atoms with Gasteiger partial charge in [0, 0.05) is 17.3 Å². The average molecular weight is 315 g/mol. The van der Waals surface area contributed by atoms with Gasteiger partial charge in [0.15, 0.2) is 0 Å². The Morgan fingerprint density at radius 3 is 2.90 bits per heavy atom. The van der Waals surface area contributed by atoms with Gasteiger partial charge < -0.3 is 10.4 Å². The minimum absolute atomic E-state index is 0.0733. The van der Waals surface area contributed by atoms with Crippen molar-refractivity contribution in [2.24, 2.45) is 0 Å². The van der Waals surface area contributed by atoms with Crippen molar-refractivity contribution in [2.45, 2.75) is 12.6 Å². The Balaban J connectivity index is 1.89. The molecule has 0 fully saturated rings. The molecule has 21 heavy (non-hydrogen) atoms. The lowest BCUT2D eigenvalue weighted by atomic mass is 10.3. The summed E-state index contributed by atoms with van der Waals surface area (Å²) in [7, 11) is 0. The number of halogens is 2. The van der Waals surface area contributed by atoms with E-state index in [2.05, 4.69) is 10.4 Å². The monoisotopic (exact) mass is 314 g/mol. The summed E-state index contributed by atoms with van der Waals surface area (Å²) in [6.45, 7) is 0.192. The molecule has 2 rings (SSSR count). The topological polar surface area (TPSA) is 93.2 Å². The van der Waals surface area contributed by atoms with Crippen LogP contribution < -0.4 is 5.32 Å². The molecule has 0 saturated carbocycles. The average Bonchev–Trinajstić information content (AvgIpc) is 2.84. The maximum Gasteiger partial charge on any atom is 0.306 e. The normalized spacial score (nSPS) is 12.1. The van der Waals surface area contributed by atoms with E-state index in [0.29, 0.717) is 5.69 Å². The fourth-order valence-electron chi connectivity index (χ4n) is 1.72. The van der Waals surface area contributed by atoms with Crippen molar-refractivity contribution in [3.8, 4) is 0 Å². The second-order valence-electron chi connectivity index (χ2n) is 4.37. The number of rotatable bonds is 6. The van der Waals surface area contributed by atoms with Gasteiger partial charge in [-0.3, -0.25) is 14.8 Å². The molecule has 0 aliphatic carbocycles. The molecule has 1 unspecified atom stereocenters. The summed E-state index contributed by atoms with van der Waals surface area (Å²) >= 11 is 5.71. The molecule has 0 radical (unpaired) electrons. The van der Waals surface area contributed by atoms with E-state index in [1.54, 1.807) is 0 Å². The van der Waals surface area contributed by atoms with Crippen molar-refractivity contribution in [1.29, 1.82) is 0 Å². The molecule has 1 aromatic heterocycles. The lowest BCUT2D eigenvalue weighted by molar-refractivity contribution is -0.385. The Hall–Kier alpha value is -2.19. The fraction of sp³-hybridized carbons (Fsp3) is 0.250. The molecule has 1 aromatic carbocycles.